The zero-order valence-electron chi connectivity index (χ0n) is 18.0. The Balaban J connectivity index is 1.43. The molecule has 5 nitrogen and oxygen atoms in total. The van der Waals surface area contributed by atoms with E-state index >= 15 is 0 Å². The topological polar surface area (TPSA) is 66.5 Å². The lowest BCUT2D eigenvalue weighted by atomic mass is 10.00. The lowest BCUT2D eigenvalue weighted by molar-refractivity contribution is -0.118. The van der Waals surface area contributed by atoms with Crippen LogP contribution in [0.5, 0.6) is 0 Å². The number of thioether (sulfide) groups is 1. The van der Waals surface area contributed by atoms with Crippen LogP contribution in [0, 0.1) is 6.92 Å². The van der Waals surface area contributed by atoms with Gasteiger partial charge in [0, 0.05) is 19.2 Å². The molecule has 0 spiro atoms. The van der Waals surface area contributed by atoms with E-state index in [-0.39, 0.29) is 22.3 Å². The molecule has 1 fully saturated rings. The Morgan fingerprint density at radius 2 is 1.66 bits per heavy atom. The Hall–Kier alpha value is -3.38. The molecule has 32 heavy (non-hydrogen) atoms. The first-order valence-corrected chi connectivity index (χ1v) is 11.3. The van der Waals surface area contributed by atoms with E-state index in [1.807, 2.05) is 80.7 Å². The fourth-order valence-corrected chi connectivity index (χ4v) is 4.55. The number of rotatable bonds is 6. The number of aryl methyl sites for hydroxylation is 1. The summed E-state index contributed by atoms with van der Waals surface area (Å²) in [7, 11) is 1.81. The quantitative estimate of drug-likeness (QED) is 0.592. The van der Waals surface area contributed by atoms with Crippen molar-refractivity contribution in [1.29, 1.82) is 0 Å². The molecule has 1 saturated heterocycles. The van der Waals surface area contributed by atoms with Gasteiger partial charge < -0.3 is 4.90 Å². The summed E-state index contributed by atoms with van der Waals surface area (Å²) in [5, 5.41) is 1.68. The number of hydrogen-bond donors (Lipinski definition) is 1. The van der Waals surface area contributed by atoms with Crippen LogP contribution in [-0.2, 0) is 17.8 Å². The summed E-state index contributed by atoms with van der Waals surface area (Å²) in [6.07, 6.45) is 0.522. The van der Waals surface area contributed by atoms with Gasteiger partial charge in [0.15, 0.2) is 0 Å². The largest absolute Gasteiger partial charge is 0.337 e. The second kappa shape index (κ2) is 9.40. The highest BCUT2D eigenvalue weighted by Crippen LogP contribution is 2.26. The van der Waals surface area contributed by atoms with Crippen molar-refractivity contribution < 1.29 is 14.4 Å². The van der Waals surface area contributed by atoms with Gasteiger partial charge in [0.05, 0.1) is 5.25 Å². The van der Waals surface area contributed by atoms with Crippen molar-refractivity contribution >= 4 is 28.8 Å². The first kappa shape index (κ1) is 21.8. The predicted octanol–water partition coefficient (Wildman–Crippen LogP) is 4.83. The number of benzene rings is 3. The zero-order chi connectivity index (χ0) is 22.7. The lowest BCUT2D eigenvalue weighted by Crippen LogP contribution is -2.26. The van der Waals surface area contributed by atoms with Gasteiger partial charge in [0.25, 0.3) is 11.1 Å². The molecule has 1 aliphatic rings. The van der Waals surface area contributed by atoms with Crippen LogP contribution in [0.3, 0.4) is 0 Å². The number of carbonyl (C=O) groups is 3. The summed E-state index contributed by atoms with van der Waals surface area (Å²) >= 11 is 1.05. The minimum Gasteiger partial charge on any atom is -0.337 e. The fourth-order valence-electron chi connectivity index (χ4n) is 3.69. The zero-order valence-corrected chi connectivity index (χ0v) is 18.8. The average Bonchev–Trinajstić information content (AvgIpc) is 3.11. The monoisotopic (exact) mass is 444 g/mol. The van der Waals surface area contributed by atoms with Crippen LogP contribution < -0.4 is 5.32 Å². The average molecular weight is 445 g/mol. The molecule has 1 atom stereocenters. The highest BCUT2D eigenvalue weighted by molar-refractivity contribution is 8.15. The summed E-state index contributed by atoms with van der Waals surface area (Å²) in [5.41, 5.74) is 5.99. The van der Waals surface area contributed by atoms with Gasteiger partial charge in [0.2, 0.25) is 5.91 Å². The molecule has 1 unspecified atom stereocenters. The van der Waals surface area contributed by atoms with Gasteiger partial charge in [-0.15, -0.1) is 0 Å². The molecule has 1 heterocycles. The van der Waals surface area contributed by atoms with E-state index in [0.717, 1.165) is 39.6 Å². The standard InChI is InChI=1S/C26H24N2O3S/c1-17-6-10-21(11-7-17)25(30)28(2)16-19-4-3-5-22(14-19)20-12-8-18(9-13-20)15-23-24(29)27-26(31)32-23/h3-14,23H,15-16H2,1-2H3,(H,27,29,31). The number of hydrogen-bond acceptors (Lipinski definition) is 4. The van der Waals surface area contributed by atoms with E-state index in [9.17, 15) is 14.4 Å². The van der Waals surface area contributed by atoms with E-state index in [2.05, 4.69) is 11.4 Å². The molecule has 1 aliphatic heterocycles. The number of nitrogens with one attached hydrogen (secondary N) is 1. The predicted molar refractivity (Wildman–Crippen MR) is 127 cm³/mol. The van der Waals surface area contributed by atoms with E-state index < -0.39 is 0 Å². The molecule has 0 radical (unpaired) electrons. The van der Waals surface area contributed by atoms with Gasteiger partial charge in [-0.2, -0.15) is 0 Å². The molecule has 162 valence electrons. The van der Waals surface area contributed by atoms with Crippen molar-refractivity contribution in [1.82, 2.24) is 10.2 Å². The number of nitrogens with zero attached hydrogens (tertiary/aromatic N) is 1. The molecule has 6 heteroatoms. The second-order valence-electron chi connectivity index (χ2n) is 8.01. The maximum absolute atomic E-state index is 12.7. The van der Waals surface area contributed by atoms with Crippen LogP contribution in [-0.4, -0.2) is 34.3 Å². The minimum atomic E-state index is -0.363. The molecular formula is C26H24N2O3S. The Morgan fingerprint density at radius 1 is 0.938 bits per heavy atom. The Kier molecular flexibility index (Phi) is 6.42. The van der Waals surface area contributed by atoms with Gasteiger partial charge >= 0.3 is 0 Å². The van der Waals surface area contributed by atoms with Crippen molar-refractivity contribution in [3.63, 3.8) is 0 Å². The second-order valence-corrected chi connectivity index (χ2v) is 9.19. The van der Waals surface area contributed by atoms with Gasteiger partial charge in [-0.05, 0) is 53.8 Å². The van der Waals surface area contributed by atoms with Crippen LogP contribution in [0.15, 0.2) is 72.8 Å². The van der Waals surface area contributed by atoms with E-state index in [1.165, 1.54) is 0 Å². The number of amides is 3. The molecule has 3 amide bonds. The highest BCUT2D eigenvalue weighted by Gasteiger charge is 2.31. The van der Waals surface area contributed by atoms with Crippen molar-refractivity contribution in [2.75, 3.05) is 7.05 Å². The molecule has 0 aliphatic carbocycles. The number of carbonyl (C=O) groups excluding carboxylic acids is 3. The molecule has 3 aromatic rings. The fraction of sp³-hybridized carbons (Fsp3) is 0.192. The minimum absolute atomic E-state index is 0.00735. The summed E-state index contributed by atoms with van der Waals surface area (Å²) in [4.78, 5) is 37.6. The first-order valence-electron chi connectivity index (χ1n) is 10.4. The van der Waals surface area contributed by atoms with E-state index in [1.54, 1.807) is 4.90 Å². The van der Waals surface area contributed by atoms with Crippen LogP contribution in [0.25, 0.3) is 11.1 Å². The lowest BCUT2D eigenvalue weighted by Gasteiger charge is -2.18. The molecule has 0 saturated carbocycles. The molecule has 1 N–H and O–H groups in total. The van der Waals surface area contributed by atoms with E-state index in [0.29, 0.717) is 18.5 Å². The third-order valence-electron chi connectivity index (χ3n) is 5.47. The van der Waals surface area contributed by atoms with Gasteiger partial charge in [0.1, 0.15) is 0 Å². The highest BCUT2D eigenvalue weighted by atomic mass is 32.2. The molecule has 3 aromatic carbocycles. The number of imide groups is 1. The molecule has 0 bridgehead atoms. The van der Waals surface area contributed by atoms with Crippen LogP contribution in [0.4, 0.5) is 4.79 Å². The van der Waals surface area contributed by atoms with Crippen LogP contribution in [0.2, 0.25) is 0 Å². The summed E-state index contributed by atoms with van der Waals surface area (Å²) in [6, 6.07) is 23.8. The van der Waals surface area contributed by atoms with Crippen molar-refractivity contribution in [2.45, 2.75) is 25.1 Å². The van der Waals surface area contributed by atoms with Crippen molar-refractivity contribution in [3.05, 3.63) is 95.1 Å². The van der Waals surface area contributed by atoms with Gasteiger partial charge in [-0.3, -0.25) is 19.7 Å². The van der Waals surface area contributed by atoms with E-state index in [4.69, 9.17) is 0 Å². The summed E-state index contributed by atoms with van der Waals surface area (Å²) in [6.45, 7) is 2.52. The Morgan fingerprint density at radius 3 is 2.31 bits per heavy atom. The molecule has 0 aromatic heterocycles. The van der Waals surface area contributed by atoms with Crippen molar-refractivity contribution in [2.24, 2.45) is 0 Å². The third kappa shape index (κ3) is 5.08. The Bertz CT molecular complexity index is 1160. The Labute approximate surface area is 191 Å². The SMILES string of the molecule is Cc1ccc(C(=O)N(C)Cc2cccc(-c3ccc(CC4SC(=O)NC4=O)cc3)c2)cc1. The first-order chi connectivity index (χ1) is 15.4. The summed E-state index contributed by atoms with van der Waals surface area (Å²) < 4.78 is 0. The molecule has 4 rings (SSSR count). The summed E-state index contributed by atoms with van der Waals surface area (Å²) in [5.74, 6) is -0.229. The maximum Gasteiger partial charge on any atom is 0.286 e. The van der Waals surface area contributed by atoms with Crippen LogP contribution in [0.1, 0.15) is 27.0 Å². The van der Waals surface area contributed by atoms with Crippen molar-refractivity contribution in [3.8, 4) is 11.1 Å². The third-order valence-corrected chi connectivity index (χ3v) is 6.45. The van der Waals surface area contributed by atoms with Gasteiger partial charge in [-0.25, -0.2) is 0 Å². The normalized spacial score (nSPS) is 15.5. The van der Waals surface area contributed by atoms with Gasteiger partial charge in [-0.1, -0.05) is 71.9 Å². The molecular weight excluding hydrogens is 420 g/mol. The smallest absolute Gasteiger partial charge is 0.286 e. The maximum atomic E-state index is 12.7. The van der Waals surface area contributed by atoms with Crippen LogP contribution >= 0.6 is 11.8 Å².